The van der Waals surface area contributed by atoms with Crippen LogP contribution in [0.25, 0.3) is 0 Å². The maximum atomic E-state index is 13.2. The largest absolute Gasteiger partial charge is 0.546 e. The number of rotatable bonds is 3. The summed E-state index contributed by atoms with van der Waals surface area (Å²) in [5.41, 5.74) is 5.78. The molecule has 0 spiro atoms. The molecule has 8 heteroatoms. The number of H-pyrrole nitrogens is 1. The van der Waals surface area contributed by atoms with Gasteiger partial charge in [-0.05, 0) is 45.2 Å². The minimum atomic E-state index is -1.39. The van der Waals surface area contributed by atoms with Gasteiger partial charge in [-0.2, -0.15) is 0 Å². The van der Waals surface area contributed by atoms with Crippen molar-refractivity contribution >= 4 is 56.8 Å². The van der Waals surface area contributed by atoms with Crippen LogP contribution in [0.5, 0.6) is 5.88 Å². The molecule has 0 bridgehead atoms. The van der Waals surface area contributed by atoms with E-state index in [-0.39, 0.29) is 15.1 Å². The Hall–Kier alpha value is -0.390. The molecule has 0 amide bonds. The molecule has 0 saturated carbocycles. The van der Waals surface area contributed by atoms with Crippen LogP contribution in [0, 0.1) is 13.1 Å². The number of hydrogen-bond acceptors (Lipinski definition) is 4. The highest BCUT2D eigenvalue weighted by Gasteiger charge is 2.21. The number of hydrogen-bond donors (Lipinski definition) is 1. The fourth-order valence-corrected chi connectivity index (χ4v) is 2.26. The smallest absolute Gasteiger partial charge is 0.384 e. The highest BCUT2D eigenvalue weighted by Crippen LogP contribution is 2.27. The highest BCUT2D eigenvalue weighted by molar-refractivity contribution is 14.1. The zero-order valence-electron chi connectivity index (χ0n) is 7.14. The van der Waals surface area contributed by atoms with Crippen LogP contribution in [0.4, 0.5) is 10.1 Å². The molecule has 0 atom stereocenters. The molecular weight excluding hydrogens is 433 g/mol. The molecule has 82 valence electrons. The molecule has 3 N–H and O–H groups in total. The predicted octanol–water partition coefficient (Wildman–Crippen LogP) is -0.440. The minimum Gasteiger partial charge on any atom is -0.546 e. The Morgan fingerprint density at radius 1 is 1.53 bits per heavy atom. The first-order valence-corrected chi connectivity index (χ1v) is 5.77. The molecule has 1 rings (SSSR count). The second kappa shape index (κ2) is 5.09. The van der Waals surface area contributed by atoms with E-state index in [9.17, 15) is 14.3 Å². The second-order valence-corrected chi connectivity index (χ2v) is 4.63. The zero-order chi connectivity index (χ0) is 11.6. The number of halogens is 3. The number of aromatic amines is 1. The molecule has 15 heavy (non-hydrogen) atoms. The van der Waals surface area contributed by atoms with Gasteiger partial charge in [0.15, 0.2) is 0 Å². The van der Waals surface area contributed by atoms with Gasteiger partial charge in [-0.15, -0.1) is 9.37 Å². The molecule has 0 aliphatic rings. The van der Waals surface area contributed by atoms with Crippen LogP contribution in [0.15, 0.2) is 0 Å². The number of pyridine rings is 1. The fourth-order valence-electron chi connectivity index (χ4n) is 0.777. The molecule has 5 nitrogen and oxygen atoms in total. The molecule has 1 heterocycles. The van der Waals surface area contributed by atoms with Crippen molar-refractivity contribution in [2.75, 3.05) is 12.3 Å². The number of nitrogen functional groups attached to an aromatic ring is 1. The zero-order valence-corrected chi connectivity index (χ0v) is 11.5. The van der Waals surface area contributed by atoms with Crippen molar-refractivity contribution in [2.24, 2.45) is 0 Å². The van der Waals surface area contributed by atoms with Crippen LogP contribution in [0.2, 0.25) is 0 Å². The Kier molecular flexibility index (Phi) is 4.31. The number of carboxylic acid groups (broad SMARTS) is 1. The number of carboxylic acids is 1. The molecular formula is C7H5FI2N2O3. The fraction of sp³-hybridized carbons (Fsp3) is 0.143. The number of ether oxygens (including phenoxy) is 1. The van der Waals surface area contributed by atoms with Gasteiger partial charge in [-0.3, -0.25) is 0 Å². The standard InChI is InChI=1S/C7H5FI2N2O3/c8-6-3(9)5(11)4(10)7(12-6)15-1-2(13)14/h1H2,(H2,11,12)(H,13,14). The van der Waals surface area contributed by atoms with Crippen LogP contribution < -0.4 is 20.6 Å². The van der Waals surface area contributed by atoms with Crippen molar-refractivity contribution in [3.63, 3.8) is 0 Å². The minimum absolute atomic E-state index is 0.0183. The Balaban J connectivity index is 3.04. The van der Waals surface area contributed by atoms with Crippen molar-refractivity contribution in [1.82, 2.24) is 0 Å². The van der Waals surface area contributed by atoms with Gasteiger partial charge in [0.05, 0.1) is 11.7 Å². The summed E-state index contributed by atoms with van der Waals surface area (Å²) in [6, 6.07) is 0. The summed E-state index contributed by atoms with van der Waals surface area (Å²) in [7, 11) is 0. The number of anilines is 1. The van der Waals surface area contributed by atoms with Crippen molar-refractivity contribution in [3.05, 3.63) is 13.1 Å². The average molecular weight is 438 g/mol. The molecule has 0 radical (unpaired) electrons. The lowest BCUT2D eigenvalue weighted by molar-refractivity contribution is -0.438. The average Bonchev–Trinajstić information content (AvgIpc) is 2.18. The van der Waals surface area contributed by atoms with E-state index in [1.54, 1.807) is 22.6 Å². The third-order valence-electron chi connectivity index (χ3n) is 1.42. The van der Waals surface area contributed by atoms with Gasteiger partial charge in [-0.1, -0.05) is 0 Å². The molecule has 0 aliphatic carbocycles. The number of aliphatic carboxylic acids is 1. The van der Waals surface area contributed by atoms with Crippen LogP contribution in [-0.2, 0) is 4.79 Å². The van der Waals surface area contributed by atoms with Crippen LogP contribution >= 0.6 is 45.2 Å². The van der Waals surface area contributed by atoms with Crippen LogP contribution in [-0.4, -0.2) is 12.6 Å². The summed E-state index contributed by atoms with van der Waals surface area (Å²) in [5, 5.41) is 10.1. The SMILES string of the molecule is Nc1c(I)c(F)[nH+]c(OCC(=O)[O-])c1I. The van der Waals surface area contributed by atoms with Gasteiger partial charge in [0.25, 0.3) is 0 Å². The monoisotopic (exact) mass is 438 g/mol. The quantitative estimate of drug-likeness (QED) is 0.513. The van der Waals surface area contributed by atoms with Gasteiger partial charge in [0.1, 0.15) is 13.7 Å². The Morgan fingerprint density at radius 2 is 2.13 bits per heavy atom. The molecule has 1 aromatic heterocycles. The van der Waals surface area contributed by atoms with Crippen LogP contribution in [0.3, 0.4) is 0 Å². The number of aromatic nitrogens is 1. The number of nitrogens with one attached hydrogen (secondary N) is 1. The maximum Gasteiger partial charge on any atom is 0.384 e. The Labute approximate surface area is 111 Å². The van der Waals surface area contributed by atoms with E-state index in [2.05, 4.69) is 4.98 Å². The number of carbonyl (C=O) groups is 1. The summed E-state index contributed by atoms with van der Waals surface area (Å²) in [5.74, 6) is -2.08. The van der Waals surface area contributed by atoms with Gasteiger partial charge >= 0.3 is 11.8 Å². The van der Waals surface area contributed by atoms with E-state index in [1.807, 2.05) is 22.6 Å². The van der Waals surface area contributed by atoms with Gasteiger partial charge in [0.2, 0.25) is 0 Å². The number of carbonyl (C=O) groups excluding carboxylic acids is 1. The van der Waals surface area contributed by atoms with E-state index in [0.29, 0.717) is 3.57 Å². The lowest BCUT2D eigenvalue weighted by atomic mass is 10.4. The normalized spacial score (nSPS) is 10.1. The molecule has 0 unspecified atom stereocenters. The third kappa shape index (κ3) is 3.03. The van der Waals surface area contributed by atoms with Gasteiger partial charge in [-0.25, -0.2) is 0 Å². The molecule has 0 aromatic carbocycles. The second-order valence-electron chi connectivity index (χ2n) is 2.47. The predicted molar refractivity (Wildman–Crippen MR) is 63.3 cm³/mol. The molecule has 0 fully saturated rings. The van der Waals surface area contributed by atoms with E-state index >= 15 is 0 Å². The van der Waals surface area contributed by atoms with Crippen molar-refractivity contribution in [1.29, 1.82) is 0 Å². The highest BCUT2D eigenvalue weighted by atomic mass is 127. The summed E-state index contributed by atoms with van der Waals surface area (Å²) in [6.07, 6.45) is 0. The Morgan fingerprint density at radius 3 is 2.67 bits per heavy atom. The van der Waals surface area contributed by atoms with Crippen molar-refractivity contribution in [3.8, 4) is 5.88 Å². The summed E-state index contributed by atoms with van der Waals surface area (Å²) >= 11 is 3.56. The summed E-state index contributed by atoms with van der Waals surface area (Å²) in [4.78, 5) is 12.4. The molecule has 0 aliphatic heterocycles. The van der Waals surface area contributed by atoms with Crippen LogP contribution in [0.1, 0.15) is 0 Å². The van der Waals surface area contributed by atoms with E-state index in [4.69, 9.17) is 10.5 Å². The molecule has 1 aromatic rings. The lowest BCUT2D eigenvalue weighted by Crippen LogP contribution is -2.31. The van der Waals surface area contributed by atoms with E-state index < -0.39 is 18.5 Å². The summed E-state index contributed by atoms with van der Waals surface area (Å²) < 4.78 is 18.6. The third-order valence-corrected chi connectivity index (χ3v) is 3.55. The lowest BCUT2D eigenvalue weighted by Gasteiger charge is -2.05. The first-order chi connectivity index (χ1) is 6.93. The maximum absolute atomic E-state index is 13.2. The molecule has 0 saturated heterocycles. The Bertz CT molecular complexity index is 414. The van der Waals surface area contributed by atoms with Crippen molar-refractivity contribution < 1.29 is 24.0 Å². The first kappa shape index (κ1) is 12.7. The van der Waals surface area contributed by atoms with Gasteiger partial charge in [0, 0.05) is 0 Å². The van der Waals surface area contributed by atoms with E-state index in [0.717, 1.165) is 0 Å². The van der Waals surface area contributed by atoms with E-state index in [1.165, 1.54) is 0 Å². The first-order valence-electron chi connectivity index (χ1n) is 3.61. The topological polar surface area (TPSA) is 89.5 Å². The number of nitrogens with two attached hydrogens (primary N) is 1. The summed E-state index contributed by atoms with van der Waals surface area (Å²) in [6.45, 7) is -0.661. The van der Waals surface area contributed by atoms with Crippen molar-refractivity contribution in [2.45, 2.75) is 0 Å². The van der Waals surface area contributed by atoms with Gasteiger partial charge < -0.3 is 20.4 Å².